The normalized spacial score (nSPS) is 15.2. The molecule has 2 rings (SSSR count). The first-order valence-corrected chi connectivity index (χ1v) is 7.37. The van der Waals surface area contributed by atoms with Crippen molar-refractivity contribution in [2.75, 3.05) is 38.0 Å². The molecule has 0 saturated carbocycles. The van der Waals surface area contributed by atoms with Crippen molar-refractivity contribution in [2.45, 2.75) is 26.2 Å². The monoisotopic (exact) mass is 277 g/mol. The van der Waals surface area contributed by atoms with Crippen LogP contribution in [0.25, 0.3) is 0 Å². The fourth-order valence-electron chi connectivity index (χ4n) is 2.23. The number of likely N-dealkylation sites (tertiary alicyclic amines) is 1. The number of nitrogens with one attached hydrogen (secondary N) is 2. The van der Waals surface area contributed by atoms with Gasteiger partial charge in [-0.15, -0.1) is 10.2 Å². The number of amides is 1. The van der Waals surface area contributed by atoms with Gasteiger partial charge in [0.15, 0.2) is 5.69 Å². The molecule has 2 N–H and O–H groups in total. The zero-order valence-corrected chi connectivity index (χ0v) is 12.1. The summed E-state index contributed by atoms with van der Waals surface area (Å²) < 4.78 is 0. The van der Waals surface area contributed by atoms with Gasteiger partial charge in [0.1, 0.15) is 5.82 Å². The molecule has 0 atom stereocenters. The molecule has 0 spiro atoms. The number of rotatable bonds is 7. The van der Waals surface area contributed by atoms with Crippen molar-refractivity contribution in [3.05, 3.63) is 17.8 Å². The zero-order chi connectivity index (χ0) is 14.2. The Kier molecular flexibility index (Phi) is 5.73. The second-order valence-corrected chi connectivity index (χ2v) is 5.04. The number of hydrogen-bond donors (Lipinski definition) is 2. The molecule has 1 aliphatic heterocycles. The summed E-state index contributed by atoms with van der Waals surface area (Å²) >= 11 is 0. The molecule has 2 heterocycles. The largest absolute Gasteiger partial charge is 0.369 e. The van der Waals surface area contributed by atoms with Crippen LogP contribution in [0, 0.1) is 0 Å². The van der Waals surface area contributed by atoms with Crippen molar-refractivity contribution < 1.29 is 4.79 Å². The molecule has 110 valence electrons. The molecule has 1 amide bonds. The van der Waals surface area contributed by atoms with Crippen LogP contribution in [0.4, 0.5) is 5.82 Å². The van der Waals surface area contributed by atoms with E-state index >= 15 is 0 Å². The highest BCUT2D eigenvalue weighted by Crippen LogP contribution is 2.06. The van der Waals surface area contributed by atoms with Crippen LogP contribution in [0.2, 0.25) is 0 Å². The highest BCUT2D eigenvalue weighted by atomic mass is 16.1. The molecule has 0 aliphatic carbocycles. The number of aromatic nitrogens is 2. The topological polar surface area (TPSA) is 70.2 Å². The molecule has 1 aliphatic rings. The Hall–Kier alpha value is -1.69. The van der Waals surface area contributed by atoms with Crippen LogP contribution < -0.4 is 10.6 Å². The average molecular weight is 277 g/mol. The van der Waals surface area contributed by atoms with Crippen molar-refractivity contribution in [1.82, 2.24) is 20.4 Å². The summed E-state index contributed by atoms with van der Waals surface area (Å²) in [5.74, 6) is 0.555. The number of carbonyl (C=O) groups excluding carboxylic acids is 1. The number of anilines is 1. The average Bonchev–Trinajstić information content (AvgIpc) is 2.99. The summed E-state index contributed by atoms with van der Waals surface area (Å²) in [6.45, 7) is 6.81. The lowest BCUT2D eigenvalue weighted by Gasteiger charge is -2.14. The molecule has 6 heteroatoms. The van der Waals surface area contributed by atoms with Gasteiger partial charge >= 0.3 is 0 Å². The highest BCUT2D eigenvalue weighted by Gasteiger charge is 2.12. The van der Waals surface area contributed by atoms with E-state index in [-0.39, 0.29) is 5.91 Å². The highest BCUT2D eigenvalue weighted by molar-refractivity contribution is 5.92. The van der Waals surface area contributed by atoms with Crippen LogP contribution in [-0.4, -0.2) is 53.7 Å². The van der Waals surface area contributed by atoms with E-state index in [0.717, 1.165) is 32.6 Å². The van der Waals surface area contributed by atoms with Gasteiger partial charge in [-0.25, -0.2) is 0 Å². The SMILES string of the molecule is CCCNc1ccc(C(=O)NCCN2CCCC2)nn1. The molecule has 0 aromatic carbocycles. The number of nitrogens with zero attached hydrogens (tertiary/aromatic N) is 3. The van der Waals surface area contributed by atoms with Crippen LogP contribution in [0.15, 0.2) is 12.1 Å². The van der Waals surface area contributed by atoms with E-state index in [9.17, 15) is 4.79 Å². The van der Waals surface area contributed by atoms with E-state index in [1.54, 1.807) is 12.1 Å². The first-order valence-electron chi connectivity index (χ1n) is 7.37. The van der Waals surface area contributed by atoms with Crippen molar-refractivity contribution in [3.8, 4) is 0 Å². The summed E-state index contributed by atoms with van der Waals surface area (Å²) in [5.41, 5.74) is 0.369. The first-order chi connectivity index (χ1) is 9.79. The standard InChI is InChI=1S/C14H23N5O/c1-2-7-15-13-6-5-12(17-18-13)14(20)16-8-11-19-9-3-4-10-19/h5-6H,2-4,7-11H2,1H3,(H,15,18)(H,16,20). The fraction of sp³-hybridized carbons (Fsp3) is 0.643. The van der Waals surface area contributed by atoms with Crippen molar-refractivity contribution in [2.24, 2.45) is 0 Å². The Morgan fingerprint density at radius 1 is 1.25 bits per heavy atom. The molecule has 0 unspecified atom stereocenters. The zero-order valence-electron chi connectivity index (χ0n) is 12.1. The maximum atomic E-state index is 11.9. The van der Waals surface area contributed by atoms with Gasteiger partial charge < -0.3 is 15.5 Å². The van der Waals surface area contributed by atoms with E-state index in [2.05, 4.69) is 32.7 Å². The molecular formula is C14H23N5O. The second-order valence-electron chi connectivity index (χ2n) is 5.04. The number of hydrogen-bond acceptors (Lipinski definition) is 5. The predicted molar refractivity (Wildman–Crippen MR) is 78.8 cm³/mol. The third kappa shape index (κ3) is 4.45. The molecule has 1 aromatic rings. The Morgan fingerprint density at radius 3 is 2.70 bits per heavy atom. The summed E-state index contributed by atoms with van der Waals surface area (Å²) in [6, 6.07) is 3.49. The Balaban J connectivity index is 1.73. The smallest absolute Gasteiger partial charge is 0.271 e. The van der Waals surface area contributed by atoms with E-state index in [4.69, 9.17) is 0 Å². The van der Waals surface area contributed by atoms with Gasteiger partial charge in [0.25, 0.3) is 5.91 Å². The second kappa shape index (κ2) is 7.79. The van der Waals surface area contributed by atoms with E-state index < -0.39 is 0 Å². The summed E-state index contributed by atoms with van der Waals surface area (Å²) in [7, 11) is 0. The predicted octanol–water partition coefficient (Wildman–Crippen LogP) is 1.12. The van der Waals surface area contributed by atoms with E-state index in [1.807, 2.05) is 0 Å². The lowest BCUT2D eigenvalue weighted by molar-refractivity contribution is 0.0944. The third-order valence-electron chi connectivity index (χ3n) is 3.37. The van der Waals surface area contributed by atoms with Crippen molar-refractivity contribution in [3.63, 3.8) is 0 Å². The minimum Gasteiger partial charge on any atom is -0.369 e. The lowest BCUT2D eigenvalue weighted by Crippen LogP contribution is -2.33. The summed E-state index contributed by atoms with van der Waals surface area (Å²) in [4.78, 5) is 14.3. The van der Waals surface area contributed by atoms with Gasteiger partial charge in [-0.3, -0.25) is 4.79 Å². The Labute approximate surface area is 120 Å². The molecule has 1 saturated heterocycles. The maximum Gasteiger partial charge on any atom is 0.271 e. The van der Waals surface area contributed by atoms with Crippen LogP contribution >= 0.6 is 0 Å². The Morgan fingerprint density at radius 2 is 2.05 bits per heavy atom. The lowest BCUT2D eigenvalue weighted by atomic mass is 10.3. The molecule has 6 nitrogen and oxygen atoms in total. The van der Waals surface area contributed by atoms with Crippen LogP contribution in [0.1, 0.15) is 36.7 Å². The van der Waals surface area contributed by atoms with Crippen LogP contribution in [-0.2, 0) is 0 Å². The van der Waals surface area contributed by atoms with Crippen LogP contribution in [0.5, 0.6) is 0 Å². The molecule has 0 radical (unpaired) electrons. The quantitative estimate of drug-likeness (QED) is 0.781. The van der Waals surface area contributed by atoms with Crippen molar-refractivity contribution >= 4 is 11.7 Å². The van der Waals surface area contributed by atoms with Crippen molar-refractivity contribution in [1.29, 1.82) is 0 Å². The van der Waals surface area contributed by atoms with Gasteiger partial charge in [-0.2, -0.15) is 0 Å². The third-order valence-corrected chi connectivity index (χ3v) is 3.37. The minimum absolute atomic E-state index is 0.154. The van der Waals surface area contributed by atoms with Gasteiger partial charge in [0.2, 0.25) is 0 Å². The van der Waals surface area contributed by atoms with Gasteiger partial charge in [-0.05, 0) is 44.5 Å². The number of carbonyl (C=O) groups is 1. The van der Waals surface area contributed by atoms with Gasteiger partial charge in [0, 0.05) is 19.6 Å². The Bertz CT molecular complexity index is 414. The molecule has 20 heavy (non-hydrogen) atoms. The molecule has 1 aromatic heterocycles. The first kappa shape index (κ1) is 14.7. The van der Waals surface area contributed by atoms with E-state index in [0.29, 0.717) is 18.1 Å². The fourth-order valence-corrected chi connectivity index (χ4v) is 2.23. The molecular weight excluding hydrogens is 254 g/mol. The summed E-state index contributed by atoms with van der Waals surface area (Å²) in [6.07, 6.45) is 3.57. The molecule has 0 bridgehead atoms. The van der Waals surface area contributed by atoms with Gasteiger partial charge in [0.05, 0.1) is 0 Å². The maximum absolute atomic E-state index is 11.9. The van der Waals surface area contributed by atoms with E-state index in [1.165, 1.54) is 12.8 Å². The summed E-state index contributed by atoms with van der Waals surface area (Å²) in [5, 5.41) is 13.9. The molecule has 1 fully saturated rings. The van der Waals surface area contributed by atoms with Gasteiger partial charge in [-0.1, -0.05) is 6.92 Å². The van der Waals surface area contributed by atoms with Crippen LogP contribution in [0.3, 0.4) is 0 Å². The minimum atomic E-state index is -0.154.